The lowest BCUT2D eigenvalue weighted by molar-refractivity contribution is -0.150. The first-order valence-electron chi connectivity index (χ1n) is 4.32. The number of aliphatic hydroxyl groups excluding tert-OH is 1. The van der Waals surface area contributed by atoms with Gasteiger partial charge in [0, 0.05) is 16.2 Å². The van der Waals surface area contributed by atoms with E-state index in [0.717, 1.165) is 0 Å². The molecule has 2 rings (SSSR count). The van der Waals surface area contributed by atoms with Crippen LogP contribution in [0.15, 0.2) is 0 Å². The molecule has 0 bridgehead atoms. The maximum Gasteiger partial charge on any atom is 0.142 e. The van der Waals surface area contributed by atoms with E-state index in [2.05, 4.69) is 15.9 Å². The maximum atomic E-state index is 11.5. The highest BCUT2D eigenvalue weighted by Gasteiger charge is 2.63. The maximum absolute atomic E-state index is 11.5. The number of rotatable bonds is 0. The average Bonchev–Trinajstić information content (AvgIpc) is 2.27. The molecule has 0 aromatic carbocycles. The van der Waals surface area contributed by atoms with Crippen LogP contribution in [0.2, 0.25) is 0 Å². The Morgan fingerprint density at radius 2 is 2.17 bits per heavy atom. The highest BCUT2D eigenvalue weighted by Crippen LogP contribution is 2.57. The van der Waals surface area contributed by atoms with Crippen molar-refractivity contribution in [2.24, 2.45) is 17.3 Å². The van der Waals surface area contributed by atoms with Gasteiger partial charge in [0.2, 0.25) is 0 Å². The number of ketones is 1. The summed E-state index contributed by atoms with van der Waals surface area (Å²) in [6.45, 7) is 3.95. The van der Waals surface area contributed by atoms with Gasteiger partial charge in [-0.3, -0.25) is 4.79 Å². The highest BCUT2D eigenvalue weighted by atomic mass is 79.9. The average molecular weight is 233 g/mol. The molecular weight excluding hydrogens is 220 g/mol. The molecule has 0 amide bonds. The number of halogens is 1. The predicted octanol–water partition coefficient (Wildman–Crippen LogP) is 1.36. The number of fused-ring (bicyclic) bond motifs is 1. The van der Waals surface area contributed by atoms with Crippen LogP contribution in [0.5, 0.6) is 0 Å². The third-order valence-corrected chi connectivity index (χ3v) is 4.62. The number of carbonyl (C=O) groups excluding carboxylic acids is 1. The van der Waals surface area contributed by atoms with Crippen molar-refractivity contribution in [2.75, 3.05) is 0 Å². The zero-order chi connectivity index (χ0) is 9.09. The highest BCUT2D eigenvalue weighted by molar-refractivity contribution is 9.09. The largest absolute Gasteiger partial charge is 0.392 e. The summed E-state index contributed by atoms with van der Waals surface area (Å²) in [6.07, 6.45) is 0.328. The fourth-order valence-electron chi connectivity index (χ4n) is 2.72. The zero-order valence-electron chi connectivity index (χ0n) is 7.25. The number of carbonyl (C=O) groups is 1. The van der Waals surface area contributed by atoms with Gasteiger partial charge in [0.05, 0.1) is 6.10 Å². The van der Waals surface area contributed by atoms with Gasteiger partial charge >= 0.3 is 0 Å². The molecule has 0 spiro atoms. The van der Waals surface area contributed by atoms with Crippen LogP contribution in [0.3, 0.4) is 0 Å². The van der Waals surface area contributed by atoms with E-state index in [0.29, 0.717) is 18.1 Å². The minimum absolute atomic E-state index is 0.121. The number of alkyl halides is 1. The molecule has 0 saturated heterocycles. The summed E-state index contributed by atoms with van der Waals surface area (Å²) in [5, 5.41) is 9.53. The van der Waals surface area contributed by atoms with Crippen molar-refractivity contribution in [3.05, 3.63) is 0 Å². The molecule has 2 unspecified atom stereocenters. The molecule has 2 fully saturated rings. The summed E-state index contributed by atoms with van der Waals surface area (Å²) in [7, 11) is 0. The fraction of sp³-hybridized carbons (Fsp3) is 0.889. The second-order valence-electron chi connectivity index (χ2n) is 4.47. The summed E-state index contributed by atoms with van der Waals surface area (Å²) in [4.78, 5) is 11.6. The second kappa shape index (κ2) is 2.32. The third-order valence-electron chi connectivity index (χ3n) is 3.44. The molecule has 0 aromatic rings. The molecule has 1 N–H and O–H groups in total. The lowest BCUT2D eigenvalue weighted by Crippen LogP contribution is -2.54. The molecule has 0 radical (unpaired) electrons. The van der Waals surface area contributed by atoms with Crippen molar-refractivity contribution in [3.8, 4) is 0 Å². The van der Waals surface area contributed by atoms with E-state index in [4.69, 9.17) is 0 Å². The van der Waals surface area contributed by atoms with E-state index >= 15 is 0 Å². The molecule has 2 aliphatic rings. The van der Waals surface area contributed by atoms with E-state index in [-0.39, 0.29) is 22.3 Å². The van der Waals surface area contributed by atoms with Crippen LogP contribution in [0.4, 0.5) is 0 Å². The molecule has 3 heteroatoms. The summed E-state index contributed by atoms with van der Waals surface area (Å²) in [5.74, 6) is 0.799. The first kappa shape index (κ1) is 8.70. The Balaban J connectivity index is 2.26. The standard InChI is InChI=1S/C9H13BrO2/c1-9(2)6-4(8(9)12)3-5(11)7(6)10/h4-7,11H,3H2,1-2H3/t4?,5-,6?,7+/m0/s1. The van der Waals surface area contributed by atoms with E-state index in [1.54, 1.807) is 0 Å². The Kier molecular flexibility index (Phi) is 1.68. The topological polar surface area (TPSA) is 37.3 Å². The molecule has 0 aliphatic heterocycles. The zero-order valence-corrected chi connectivity index (χ0v) is 8.84. The van der Waals surface area contributed by atoms with Crippen molar-refractivity contribution >= 4 is 21.7 Å². The van der Waals surface area contributed by atoms with E-state index in [1.165, 1.54) is 0 Å². The SMILES string of the molecule is CC1(C)C(=O)C2C[C@H](O)[C@@H](Br)C21. The first-order valence-corrected chi connectivity index (χ1v) is 5.24. The summed E-state index contributed by atoms with van der Waals surface area (Å²) < 4.78 is 0. The van der Waals surface area contributed by atoms with Crippen molar-refractivity contribution in [3.63, 3.8) is 0 Å². The van der Waals surface area contributed by atoms with E-state index in [9.17, 15) is 9.90 Å². The van der Waals surface area contributed by atoms with Gasteiger partial charge in [0.1, 0.15) is 5.78 Å². The Morgan fingerprint density at radius 1 is 1.58 bits per heavy atom. The first-order chi connectivity index (χ1) is 5.46. The number of hydrogen-bond acceptors (Lipinski definition) is 2. The molecule has 2 aliphatic carbocycles. The van der Waals surface area contributed by atoms with E-state index < -0.39 is 0 Å². The number of aliphatic hydroxyl groups is 1. The van der Waals surface area contributed by atoms with Crippen molar-refractivity contribution in [1.82, 2.24) is 0 Å². The van der Waals surface area contributed by atoms with E-state index in [1.807, 2.05) is 13.8 Å². The summed E-state index contributed by atoms with van der Waals surface area (Å²) in [5.41, 5.74) is -0.212. The number of hydrogen-bond donors (Lipinski definition) is 1. The molecule has 68 valence electrons. The smallest absolute Gasteiger partial charge is 0.142 e. The van der Waals surface area contributed by atoms with Crippen LogP contribution in [0.1, 0.15) is 20.3 Å². The fourth-order valence-corrected chi connectivity index (χ4v) is 3.96. The summed E-state index contributed by atoms with van der Waals surface area (Å²) in [6, 6.07) is 0. The van der Waals surface area contributed by atoms with Crippen molar-refractivity contribution < 1.29 is 9.90 Å². The van der Waals surface area contributed by atoms with Crippen molar-refractivity contribution in [1.29, 1.82) is 0 Å². The predicted molar refractivity (Wildman–Crippen MR) is 49.1 cm³/mol. The molecule has 0 aromatic heterocycles. The van der Waals surface area contributed by atoms with Crippen LogP contribution in [-0.2, 0) is 4.79 Å². The molecule has 0 heterocycles. The summed E-state index contributed by atoms with van der Waals surface area (Å²) >= 11 is 3.46. The Labute approximate surface area is 80.5 Å². The van der Waals surface area contributed by atoms with Gasteiger partial charge in [-0.1, -0.05) is 29.8 Å². The quantitative estimate of drug-likeness (QED) is 0.641. The molecule has 2 nitrogen and oxygen atoms in total. The van der Waals surface area contributed by atoms with Crippen LogP contribution in [0, 0.1) is 17.3 Å². The van der Waals surface area contributed by atoms with Gasteiger partial charge < -0.3 is 5.11 Å². The van der Waals surface area contributed by atoms with Crippen LogP contribution >= 0.6 is 15.9 Å². The Bertz CT molecular complexity index is 237. The van der Waals surface area contributed by atoms with Gasteiger partial charge in [-0.2, -0.15) is 0 Å². The van der Waals surface area contributed by atoms with Gasteiger partial charge in [0.15, 0.2) is 0 Å². The lowest BCUT2D eigenvalue weighted by atomic mass is 9.56. The second-order valence-corrected chi connectivity index (χ2v) is 5.52. The van der Waals surface area contributed by atoms with Gasteiger partial charge in [0.25, 0.3) is 0 Å². The molecule has 4 atom stereocenters. The monoisotopic (exact) mass is 232 g/mol. The van der Waals surface area contributed by atoms with Gasteiger partial charge in [-0.05, 0) is 12.3 Å². The van der Waals surface area contributed by atoms with Crippen LogP contribution < -0.4 is 0 Å². The lowest BCUT2D eigenvalue weighted by Gasteiger charge is -2.47. The van der Waals surface area contributed by atoms with Crippen LogP contribution in [0.25, 0.3) is 0 Å². The molecule has 12 heavy (non-hydrogen) atoms. The Hall–Kier alpha value is 0.110. The minimum atomic E-state index is -0.328. The number of Topliss-reactive ketones (excluding diaryl/α,β-unsaturated/α-hetero) is 1. The van der Waals surface area contributed by atoms with Gasteiger partial charge in [-0.15, -0.1) is 0 Å². The minimum Gasteiger partial charge on any atom is -0.392 e. The Morgan fingerprint density at radius 3 is 2.67 bits per heavy atom. The normalized spacial score (nSPS) is 50.2. The van der Waals surface area contributed by atoms with Crippen molar-refractivity contribution in [2.45, 2.75) is 31.2 Å². The third kappa shape index (κ3) is 0.814. The van der Waals surface area contributed by atoms with Crippen LogP contribution in [-0.4, -0.2) is 21.8 Å². The molecular formula is C9H13BrO2. The van der Waals surface area contributed by atoms with Gasteiger partial charge in [-0.25, -0.2) is 0 Å². The molecule has 2 saturated carbocycles.